The Morgan fingerprint density at radius 1 is 1.14 bits per heavy atom. The van der Waals surface area contributed by atoms with Gasteiger partial charge in [-0.25, -0.2) is 0 Å². The van der Waals surface area contributed by atoms with Gasteiger partial charge in [-0.1, -0.05) is 27.2 Å². The average Bonchev–Trinajstić information content (AvgIpc) is 2.11. The highest BCUT2D eigenvalue weighted by molar-refractivity contribution is 7.99. The van der Waals surface area contributed by atoms with E-state index in [1.165, 1.54) is 30.8 Å². The number of rotatable bonds is 9. The fourth-order valence-corrected chi connectivity index (χ4v) is 2.47. The SMILES string of the molecule is CCNC(C)CCCCSCC(C)C. The van der Waals surface area contributed by atoms with Gasteiger partial charge in [0.15, 0.2) is 0 Å². The molecule has 0 fully saturated rings. The summed E-state index contributed by atoms with van der Waals surface area (Å²) in [6.07, 6.45) is 4.09. The third-order valence-electron chi connectivity index (χ3n) is 2.18. The van der Waals surface area contributed by atoms with E-state index < -0.39 is 0 Å². The molecule has 0 aromatic rings. The van der Waals surface area contributed by atoms with Crippen LogP contribution in [-0.4, -0.2) is 24.1 Å². The van der Waals surface area contributed by atoms with E-state index in [4.69, 9.17) is 0 Å². The molecule has 2 heteroatoms. The van der Waals surface area contributed by atoms with Gasteiger partial charge in [0, 0.05) is 6.04 Å². The quantitative estimate of drug-likeness (QED) is 0.593. The molecular weight excluding hydrogens is 190 g/mol. The van der Waals surface area contributed by atoms with Gasteiger partial charge < -0.3 is 5.32 Å². The first-order valence-electron chi connectivity index (χ1n) is 5.98. The van der Waals surface area contributed by atoms with Gasteiger partial charge in [0.2, 0.25) is 0 Å². The third-order valence-corrected chi connectivity index (χ3v) is 3.66. The summed E-state index contributed by atoms with van der Waals surface area (Å²) in [5, 5.41) is 3.45. The first-order chi connectivity index (χ1) is 6.66. The first-order valence-corrected chi connectivity index (χ1v) is 7.13. The van der Waals surface area contributed by atoms with Crippen molar-refractivity contribution in [1.82, 2.24) is 5.32 Å². The van der Waals surface area contributed by atoms with Gasteiger partial charge in [-0.15, -0.1) is 0 Å². The predicted octanol–water partition coefficient (Wildman–Crippen LogP) is 3.54. The summed E-state index contributed by atoms with van der Waals surface area (Å²) in [6, 6.07) is 0.704. The van der Waals surface area contributed by atoms with Crippen molar-refractivity contribution in [3.05, 3.63) is 0 Å². The fourth-order valence-electron chi connectivity index (χ4n) is 1.42. The van der Waals surface area contributed by atoms with Gasteiger partial charge in [0.05, 0.1) is 0 Å². The fraction of sp³-hybridized carbons (Fsp3) is 1.00. The van der Waals surface area contributed by atoms with Crippen LogP contribution in [-0.2, 0) is 0 Å². The van der Waals surface area contributed by atoms with E-state index in [-0.39, 0.29) is 0 Å². The smallest absolute Gasteiger partial charge is 0.00386 e. The number of unbranched alkanes of at least 4 members (excludes halogenated alkanes) is 1. The molecule has 0 amide bonds. The molecule has 1 unspecified atom stereocenters. The molecule has 0 spiro atoms. The van der Waals surface area contributed by atoms with Crippen LogP contribution in [0.25, 0.3) is 0 Å². The minimum absolute atomic E-state index is 0.704. The van der Waals surface area contributed by atoms with Gasteiger partial charge in [-0.2, -0.15) is 11.8 Å². The Kier molecular flexibility index (Phi) is 10.1. The number of hydrogen-bond acceptors (Lipinski definition) is 2. The summed E-state index contributed by atoms with van der Waals surface area (Å²) in [7, 11) is 0. The van der Waals surface area contributed by atoms with Crippen LogP contribution < -0.4 is 5.32 Å². The van der Waals surface area contributed by atoms with Crippen LogP contribution in [0.2, 0.25) is 0 Å². The second kappa shape index (κ2) is 9.85. The summed E-state index contributed by atoms with van der Waals surface area (Å²) in [5.41, 5.74) is 0. The monoisotopic (exact) mass is 217 g/mol. The van der Waals surface area contributed by atoms with E-state index >= 15 is 0 Å². The average molecular weight is 217 g/mol. The van der Waals surface area contributed by atoms with Crippen molar-refractivity contribution in [3.8, 4) is 0 Å². The predicted molar refractivity (Wildman–Crippen MR) is 69.2 cm³/mol. The van der Waals surface area contributed by atoms with Crippen molar-refractivity contribution in [2.45, 2.75) is 53.0 Å². The van der Waals surface area contributed by atoms with Gasteiger partial charge >= 0.3 is 0 Å². The zero-order valence-electron chi connectivity index (χ0n) is 10.3. The molecule has 1 atom stereocenters. The maximum Gasteiger partial charge on any atom is 0.00386 e. The number of hydrogen-bond donors (Lipinski definition) is 1. The lowest BCUT2D eigenvalue weighted by atomic mass is 10.1. The van der Waals surface area contributed by atoms with Crippen molar-refractivity contribution in [2.24, 2.45) is 5.92 Å². The highest BCUT2D eigenvalue weighted by atomic mass is 32.2. The standard InChI is InChI=1S/C12H27NS/c1-5-13-12(4)8-6-7-9-14-10-11(2)3/h11-13H,5-10H2,1-4H3. The molecular formula is C12H27NS. The van der Waals surface area contributed by atoms with E-state index in [1.54, 1.807) is 0 Å². The van der Waals surface area contributed by atoms with Crippen LogP contribution in [0, 0.1) is 5.92 Å². The van der Waals surface area contributed by atoms with Gasteiger partial charge in [0.1, 0.15) is 0 Å². The Morgan fingerprint density at radius 3 is 2.43 bits per heavy atom. The molecule has 1 nitrogen and oxygen atoms in total. The third kappa shape index (κ3) is 10.4. The van der Waals surface area contributed by atoms with E-state index in [2.05, 4.69) is 44.8 Å². The second-order valence-corrected chi connectivity index (χ2v) is 5.57. The molecule has 14 heavy (non-hydrogen) atoms. The minimum atomic E-state index is 0.704. The molecule has 0 rings (SSSR count). The molecule has 0 saturated carbocycles. The summed E-state index contributed by atoms with van der Waals surface area (Å²) >= 11 is 2.11. The summed E-state index contributed by atoms with van der Waals surface area (Å²) in [6.45, 7) is 10.1. The second-order valence-electron chi connectivity index (χ2n) is 4.42. The van der Waals surface area contributed by atoms with E-state index in [1.807, 2.05) is 0 Å². The van der Waals surface area contributed by atoms with Crippen molar-refractivity contribution in [1.29, 1.82) is 0 Å². The molecule has 1 N–H and O–H groups in total. The van der Waals surface area contributed by atoms with E-state index in [0.717, 1.165) is 12.5 Å². The van der Waals surface area contributed by atoms with Gasteiger partial charge in [0.25, 0.3) is 0 Å². The van der Waals surface area contributed by atoms with Crippen molar-refractivity contribution in [2.75, 3.05) is 18.1 Å². The summed E-state index contributed by atoms with van der Waals surface area (Å²) < 4.78 is 0. The Bertz CT molecular complexity index is 115. The van der Waals surface area contributed by atoms with Gasteiger partial charge in [-0.3, -0.25) is 0 Å². The van der Waals surface area contributed by atoms with Gasteiger partial charge in [-0.05, 0) is 43.7 Å². The van der Waals surface area contributed by atoms with Crippen LogP contribution >= 0.6 is 11.8 Å². The first kappa shape index (κ1) is 14.3. The maximum atomic E-state index is 3.45. The molecule has 0 heterocycles. The largest absolute Gasteiger partial charge is 0.315 e. The Balaban J connectivity index is 3.05. The summed E-state index contributed by atoms with van der Waals surface area (Å²) in [5.74, 6) is 3.51. The molecule has 0 aromatic heterocycles. The molecule has 86 valence electrons. The molecule has 0 saturated heterocycles. The van der Waals surface area contributed by atoms with Crippen molar-refractivity contribution < 1.29 is 0 Å². The Labute approximate surface area is 94.4 Å². The van der Waals surface area contributed by atoms with Crippen molar-refractivity contribution in [3.63, 3.8) is 0 Å². The zero-order chi connectivity index (χ0) is 10.8. The lowest BCUT2D eigenvalue weighted by Gasteiger charge is -2.11. The lowest BCUT2D eigenvalue weighted by Crippen LogP contribution is -2.25. The molecule has 0 aromatic carbocycles. The highest BCUT2D eigenvalue weighted by Crippen LogP contribution is 2.11. The molecule has 0 aliphatic carbocycles. The van der Waals surface area contributed by atoms with Crippen LogP contribution in [0.1, 0.15) is 47.0 Å². The van der Waals surface area contributed by atoms with Crippen LogP contribution in [0.4, 0.5) is 0 Å². The van der Waals surface area contributed by atoms with Crippen molar-refractivity contribution >= 4 is 11.8 Å². The Morgan fingerprint density at radius 2 is 1.86 bits per heavy atom. The topological polar surface area (TPSA) is 12.0 Å². The Hall–Kier alpha value is 0.310. The molecule has 0 aliphatic heterocycles. The van der Waals surface area contributed by atoms with E-state index in [0.29, 0.717) is 6.04 Å². The van der Waals surface area contributed by atoms with Crippen LogP contribution in [0.3, 0.4) is 0 Å². The maximum absolute atomic E-state index is 3.45. The van der Waals surface area contributed by atoms with Crippen LogP contribution in [0.5, 0.6) is 0 Å². The highest BCUT2D eigenvalue weighted by Gasteiger charge is 1.99. The number of thioether (sulfide) groups is 1. The lowest BCUT2D eigenvalue weighted by molar-refractivity contribution is 0.510. The number of nitrogens with one attached hydrogen (secondary N) is 1. The molecule has 0 aliphatic rings. The normalized spacial score (nSPS) is 13.5. The zero-order valence-corrected chi connectivity index (χ0v) is 11.1. The summed E-state index contributed by atoms with van der Waals surface area (Å²) in [4.78, 5) is 0. The molecule has 0 bridgehead atoms. The molecule has 0 radical (unpaired) electrons. The van der Waals surface area contributed by atoms with E-state index in [9.17, 15) is 0 Å². The van der Waals surface area contributed by atoms with Crippen LogP contribution in [0.15, 0.2) is 0 Å². The minimum Gasteiger partial charge on any atom is -0.315 e.